The van der Waals surface area contributed by atoms with E-state index >= 15 is 0 Å². The Hall–Kier alpha value is -1.75. The van der Waals surface area contributed by atoms with Crippen LogP contribution in [-0.4, -0.2) is 11.0 Å². The minimum atomic E-state index is -0.150. The van der Waals surface area contributed by atoms with E-state index < -0.39 is 0 Å². The number of nitrogens with one attached hydrogen (secondary N) is 2. The van der Waals surface area contributed by atoms with Crippen LogP contribution in [0.4, 0.5) is 5.00 Å². The number of thiophene rings is 2. The highest BCUT2D eigenvalue weighted by molar-refractivity contribution is 7.80. The van der Waals surface area contributed by atoms with Crippen molar-refractivity contribution in [3.05, 3.63) is 38.4 Å². The van der Waals surface area contributed by atoms with Crippen LogP contribution in [0.3, 0.4) is 0 Å². The lowest BCUT2D eigenvalue weighted by Crippen LogP contribution is -2.34. The lowest BCUT2D eigenvalue weighted by atomic mass is 9.89. The predicted molar refractivity (Wildman–Crippen MR) is 103 cm³/mol. The van der Waals surface area contributed by atoms with Crippen molar-refractivity contribution in [1.29, 1.82) is 5.26 Å². The second-order valence-corrected chi connectivity index (χ2v) is 8.47. The number of rotatable bonds is 3. The molecule has 0 unspecified atom stereocenters. The Morgan fingerprint density at radius 2 is 2.38 bits per heavy atom. The standard InChI is InChI=1S/C17H17N3OS3/c1-10-4-5-12-13(9-18)16(24-14(12)7-10)20-17(22)19-15(21)8-11-3-2-6-23-11/h2-3,6,10H,4-5,7-8H2,1H3,(H2,19,20,21,22)/t10-/m1/s1. The molecule has 124 valence electrons. The lowest BCUT2D eigenvalue weighted by Gasteiger charge is -2.17. The molecule has 0 aromatic carbocycles. The summed E-state index contributed by atoms with van der Waals surface area (Å²) in [6.07, 6.45) is 3.37. The zero-order chi connectivity index (χ0) is 17.1. The normalized spacial score (nSPS) is 16.1. The summed E-state index contributed by atoms with van der Waals surface area (Å²) in [5, 5.41) is 18.2. The van der Waals surface area contributed by atoms with Gasteiger partial charge in [0.15, 0.2) is 5.11 Å². The predicted octanol–water partition coefficient (Wildman–Crippen LogP) is 3.86. The van der Waals surface area contributed by atoms with Crippen molar-refractivity contribution in [2.24, 2.45) is 5.92 Å². The molecule has 0 radical (unpaired) electrons. The van der Waals surface area contributed by atoms with E-state index in [1.807, 2.05) is 17.5 Å². The number of nitriles is 1. The van der Waals surface area contributed by atoms with Crippen LogP contribution in [-0.2, 0) is 24.1 Å². The van der Waals surface area contributed by atoms with Crippen LogP contribution in [0, 0.1) is 17.2 Å². The van der Waals surface area contributed by atoms with E-state index in [4.69, 9.17) is 12.2 Å². The fourth-order valence-corrected chi connectivity index (χ4v) is 5.18. The van der Waals surface area contributed by atoms with Crippen molar-refractivity contribution in [2.75, 3.05) is 5.32 Å². The highest BCUT2D eigenvalue weighted by atomic mass is 32.1. The van der Waals surface area contributed by atoms with E-state index in [-0.39, 0.29) is 11.0 Å². The smallest absolute Gasteiger partial charge is 0.231 e. The van der Waals surface area contributed by atoms with Crippen molar-refractivity contribution in [2.45, 2.75) is 32.6 Å². The van der Waals surface area contributed by atoms with Gasteiger partial charge in [-0.05, 0) is 54.4 Å². The van der Waals surface area contributed by atoms with Gasteiger partial charge in [0.1, 0.15) is 11.1 Å². The largest absolute Gasteiger partial charge is 0.323 e. The first-order chi connectivity index (χ1) is 11.6. The van der Waals surface area contributed by atoms with E-state index in [2.05, 4.69) is 23.6 Å². The SMILES string of the molecule is C[C@@H]1CCc2c(sc(NC(=S)NC(=O)Cc3cccs3)c2C#N)C1. The number of nitrogens with zero attached hydrogens (tertiary/aromatic N) is 1. The summed E-state index contributed by atoms with van der Waals surface area (Å²) in [6, 6.07) is 6.13. The fourth-order valence-electron chi connectivity index (χ4n) is 2.83. The van der Waals surface area contributed by atoms with Gasteiger partial charge < -0.3 is 10.6 Å². The van der Waals surface area contributed by atoms with Gasteiger partial charge in [-0.1, -0.05) is 13.0 Å². The molecule has 0 bridgehead atoms. The van der Waals surface area contributed by atoms with Gasteiger partial charge in [0.05, 0.1) is 12.0 Å². The second-order valence-electron chi connectivity index (χ2n) is 5.93. The van der Waals surface area contributed by atoms with Crippen molar-refractivity contribution in [3.63, 3.8) is 0 Å². The molecule has 24 heavy (non-hydrogen) atoms. The van der Waals surface area contributed by atoms with Crippen LogP contribution in [0.25, 0.3) is 0 Å². The summed E-state index contributed by atoms with van der Waals surface area (Å²) >= 11 is 8.36. The Morgan fingerprint density at radius 1 is 1.54 bits per heavy atom. The van der Waals surface area contributed by atoms with Gasteiger partial charge in [-0.3, -0.25) is 4.79 Å². The third kappa shape index (κ3) is 3.83. The van der Waals surface area contributed by atoms with E-state index in [9.17, 15) is 10.1 Å². The Kier molecular flexibility index (Phi) is 5.29. The molecule has 4 nitrogen and oxygen atoms in total. The first-order valence-electron chi connectivity index (χ1n) is 7.74. The summed E-state index contributed by atoms with van der Waals surface area (Å²) in [5.41, 5.74) is 1.83. The van der Waals surface area contributed by atoms with Crippen LogP contribution >= 0.6 is 34.9 Å². The molecule has 0 saturated heterocycles. The zero-order valence-electron chi connectivity index (χ0n) is 13.2. The van der Waals surface area contributed by atoms with Crippen molar-refractivity contribution >= 4 is 50.9 Å². The van der Waals surface area contributed by atoms with Crippen LogP contribution < -0.4 is 10.6 Å². The molecule has 2 N–H and O–H groups in total. The molecule has 2 heterocycles. The number of anilines is 1. The minimum Gasteiger partial charge on any atom is -0.323 e. The molecule has 1 aliphatic rings. The molecular formula is C17H17N3OS3. The number of fused-ring (bicyclic) bond motifs is 1. The summed E-state index contributed by atoms with van der Waals surface area (Å²) in [6.45, 7) is 2.23. The highest BCUT2D eigenvalue weighted by Crippen LogP contribution is 2.39. The van der Waals surface area contributed by atoms with Gasteiger partial charge in [-0.25, -0.2) is 0 Å². The van der Waals surface area contributed by atoms with Crippen LogP contribution in [0.1, 0.15) is 34.2 Å². The Balaban J connectivity index is 1.66. The maximum atomic E-state index is 12.0. The van der Waals surface area contributed by atoms with Gasteiger partial charge in [-0.15, -0.1) is 22.7 Å². The van der Waals surface area contributed by atoms with Gasteiger partial charge in [-0.2, -0.15) is 5.26 Å². The number of amides is 1. The van der Waals surface area contributed by atoms with Crippen molar-refractivity contribution in [1.82, 2.24) is 5.32 Å². The van der Waals surface area contributed by atoms with E-state index in [0.29, 0.717) is 17.9 Å². The first kappa shape index (κ1) is 17.1. The average molecular weight is 376 g/mol. The number of thiocarbonyl (C=S) groups is 1. The highest BCUT2D eigenvalue weighted by Gasteiger charge is 2.24. The molecule has 3 rings (SSSR count). The third-order valence-electron chi connectivity index (χ3n) is 4.02. The molecule has 0 spiro atoms. The maximum Gasteiger partial charge on any atom is 0.231 e. The Labute approximate surface area is 154 Å². The summed E-state index contributed by atoms with van der Waals surface area (Å²) in [5.74, 6) is 0.497. The van der Waals surface area contributed by atoms with Crippen LogP contribution in [0.5, 0.6) is 0 Å². The van der Waals surface area contributed by atoms with E-state index in [1.165, 1.54) is 4.88 Å². The van der Waals surface area contributed by atoms with E-state index in [0.717, 1.165) is 34.7 Å². The average Bonchev–Trinajstić information content (AvgIpc) is 3.13. The van der Waals surface area contributed by atoms with Crippen molar-refractivity contribution in [3.8, 4) is 6.07 Å². The second kappa shape index (κ2) is 7.43. The van der Waals surface area contributed by atoms with Gasteiger partial charge in [0.2, 0.25) is 5.91 Å². The van der Waals surface area contributed by atoms with Crippen LogP contribution in [0.2, 0.25) is 0 Å². The quantitative estimate of drug-likeness (QED) is 0.800. The molecule has 7 heteroatoms. The van der Waals surface area contributed by atoms with Crippen LogP contribution in [0.15, 0.2) is 17.5 Å². The Morgan fingerprint density at radius 3 is 3.08 bits per heavy atom. The van der Waals surface area contributed by atoms with Gasteiger partial charge in [0, 0.05) is 9.75 Å². The molecule has 1 aliphatic carbocycles. The number of hydrogen-bond acceptors (Lipinski definition) is 5. The number of carbonyl (C=O) groups is 1. The summed E-state index contributed by atoms with van der Waals surface area (Å²) < 4.78 is 0. The van der Waals surface area contributed by atoms with Gasteiger partial charge >= 0.3 is 0 Å². The zero-order valence-corrected chi connectivity index (χ0v) is 15.7. The van der Waals surface area contributed by atoms with Gasteiger partial charge in [0.25, 0.3) is 0 Å². The number of carbonyl (C=O) groups excluding carboxylic acids is 1. The number of hydrogen-bond donors (Lipinski definition) is 2. The fraction of sp³-hybridized carbons (Fsp3) is 0.353. The molecule has 0 saturated carbocycles. The molecule has 1 amide bonds. The van der Waals surface area contributed by atoms with E-state index in [1.54, 1.807) is 22.7 Å². The third-order valence-corrected chi connectivity index (χ3v) is 6.27. The maximum absolute atomic E-state index is 12.0. The molecule has 2 aromatic rings. The Bertz CT molecular complexity index is 802. The minimum absolute atomic E-state index is 0.150. The van der Waals surface area contributed by atoms with Crippen molar-refractivity contribution < 1.29 is 4.79 Å². The topological polar surface area (TPSA) is 64.9 Å². The molecule has 2 aromatic heterocycles. The summed E-state index contributed by atoms with van der Waals surface area (Å²) in [7, 11) is 0. The lowest BCUT2D eigenvalue weighted by molar-refractivity contribution is -0.118. The first-order valence-corrected chi connectivity index (χ1v) is 9.85. The molecule has 0 fully saturated rings. The monoisotopic (exact) mass is 375 g/mol. The molecule has 0 aliphatic heterocycles. The summed E-state index contributed by atoms with van der Waals surface area (Å²) in [4.78, 5) is 14.3. The molecular weight excluding hydrogens is 358 g/mol. The molecule has 1 atom stereocenters.